The molecule has 140 valence electrons. The van der Waals surface area contributed by atoms with Gasteiger partial charge in [-0.1, -0.05) is 30.3 Å². The molecule has 1 atom stereocenters. The van der Waals surface area contributed by atoms with Gasteiger partial charge in [-0.25, -0.2) is 0 Å². The molecule has 1 amide bonds. The molecule has 1 aromatic rings. The summed E-state index contributed by atoms with van der Waals surface area (Å²) in [5, 5.41) is 6.46. The number of benzene rings is 1. The third-order valence-electron chi connectivity index (χ3n) is 4.86. The molecule has 2 N–H and O–H groups in total. The van der Waals surface area contributed by atoms with Gasteiger partial charge in [-0.3, -0.25) is 9.69 Å². The zero-order valence-electron chi connectivity index (χ0n) is 14.8. The minimum absolute atomic E-state index is 0. The Morgan fingerprint density at radius 1 is 1.20 bits per heavy atom. The smallest absolute Gasteiger partial charge is 0.246 e. The molecule has 0 bridgehead atoms. The van der Waals surface area contributed by atoms with Gasteiger partial charge in [0.05, 0.1) is 6.10 Å². The Bertz CT molecular complexity index is 509. The minimum Gasteiger partial charge on any atom is -0.368 e. The van der Waals surface area contributed by atoms with Crippen molar-refractivity contribution in [2.45, 2.75) is 44.4 Å². The van der Waals surface area contributed by atoms with E-state index in [9.17, 15) is 4.79 Å². The van der Waals surface area contributed by atoms with Crippen molar-refractivity contribution in [3.05, 3.63) is 35.9 Å². The van der Waals surface area contributed by atoms with Gasteiger partial charge in [0.25, 0.3) is 0 Å². The molecule has 2 aliphatic rings. The monoisotopic (exact) mass is 367 g/mol. The molecule has 2 heterocycles. The van der Waals surface area contributed by atoms with E-state index in [2.05, 4.69) is 39.8 Å². The van der Waals surface area contributed by atoms with Crippen molar-refractivity contribution in [2.75, 3.05) is 32.8 Å². The number of ether oxygens (including phenoxy) is 1. The van der Waals surface area contributed by atoms with Gasteiger partial charge in [-0.2, -0.15) is 0 Å². The molecule has 5 nitrogen and oxygen atoms in total. The second kappa shape index (κ2) is 10.8. The lowest BCUT2D eigenvalue weighted by atomic mass is 10.0. The Hall–Kier alpha value is -1.14. The summed E-state index contributed by atoms with van der Waals surface area (Å²) < 4.78 is 5.74. The van der Waals surface area contributed by atoms with Gasteiger partial charge in [0, 0.05) is 19.1 Å². The molecule has 25 heavy (non-hydrogen) atoms. The Labute approximate surface area is 156 Å². The van der Waals surface area contributed by atoms with Gasteiger partial charge in [-0.15, -0.1) is 12.4 Å². The first-order valence-electron chi connectivity index (χ1n) is 9.17. The van der Waals surface area contributed by atoms with E-state index in [1.165, 1.54) is 5.56 Å². The van der Waals surface area contributed by atoms with Crippen molar-refractivity contribution in [2.24, 2.45) is 0 Å². The van der Waals surface area contributed by atoms with Crippen molar-refractivity contribution in [3.8, 4) is 0 Å². The Kier molecular flexibility index (Phi) is 8.68. The van der Waals surface area contributed by atoms with Gasteiger partial charge in [0.1, 0.15) is 6.61 Å². The van der Waals surface area contributed by atoms with Gasteiger partial charge in [-0.05, 0) is 50.9 Å². The van der Waals surface area contributed by atoms with Crippen LogP contribution in [0.2, 0.25) is 0 Å². The first-order valence-corrected chi connectivity index (χ1v) is 9.17. The standard InChI is InChI=1S/C19H29N3O2.ClH/c23-19(15-24-18-8-10-20-11-9-18)21-17-7-4-12-22(14-17)13-16-5-2-1-3-6-16;/h1-3,5-6,17-18,20H,4,7-15H2,(H,21,23);1H. The number of carbonyl (C=O) groups excluding carboxylic acids is 1. The molecule has 1 unspecified atom stereocenters. The summed E-state index contributed by atoms with van der Waals surface area (Å²) >= 11 is 0. The number of halogens is 1. The summed E-state index contributed by atoms with van der Waals surface area (Å²) in [5.74, 6) is 0.0279. The van der Waals surface area contributed by atoms with E-state index in [4.69, 9.17) is 4.74 Å². The van der Waals surface area contributed by atoms with E-state index in [-0.39, 0.29) is 37.1 Å². The van der Waals surface area contributed by atoms with Crippen LogP contribution in [0, 0.1) is 0 Å². The van der Waals surface area contributed by atoms with E-state index in [0.29, 0.717) is 0 Å². The summed E-state index contributed by atoms with van der Waals surface area (Å²) in [6, 6.07) is 10.8. The van der Waals surface area contributed by atoms with E-state index in [1.54, 1.807) is 0 Å². The van der Waals surface area contributed by atoms with Crippen LogP contribution < -0.4 is 10.6 Å². The highest BCUT2D eigenvalue weighted by Crippen LogP contribution is 2.14. The summed E-state index contributed by atoms with van der Waals surface area (Å²) in [5.41, 5.74) is 1.33. The fourth-order valence-electron chi connectivity index (χ4n) is 3.58. The molecule has 0 saturated carbocycles. The third-order valence-corrected chi connectivity index (χ3v) is 4.86. The zero-order valence-corrected chi connectivity index (χ0v) is 15.6. The summed E-state index contributed by atoms with van der Waals surface area (Å²) in [6.07, 6.45) is 4.43. The molecule has 1 aromatic carbocycles. The number of piperidine rings is 2. The van der Waals surface area contributed by atoms with Crippen LogP contribution in [0.1, 0.15) is 31.2 Å². The number of likely N-dealkylation sites (tertiary alicyclic amines) is 1. The van der Waals surface area contributed by atoms with Crippen LogP contribution in [0.3, 0.4) is 0 Å². The SMILES string of the molecule is Cl.O=C(COC1CCNCC1)NC1CCCN(Cc2ccccc2)C1. The predicted octanol–water partition coefficient (Wildman–Crippen LogP) is 1.96. The molecule has 2 fully saturated rings. The highest BCUT2D eigenvalue weighted by Gasteiger charge is 2.22. The number of nitrogens with one attached hydrogen (secondary N) is 2. The van der Waals surface area contributed by atoms with Crippen LogP contribution >= 0.6 is 12.4 Å². The van der Waals surface area contributed by atoms with Crippen molar-refractivity contribution in [1.82, 2.24) is 15.5 Å². The number of rotatable bonds is 6. The van der Waals surface area contributed by atoms with Gasteiger partial charge >= 0.3 is 0 Å². The maximum atomic E-state index is 12.1. The number of carbonyl (C=O) groups is 1. The van der Waals surface area contributed by atoms with Crippen LogP contribution in [0.5, 0.6) is 0 Å². The van der Waals surface area contributed by atoms with Crippen LogP contribution in [0.15, 0.2) is 30.3 Å². The van der Waals surface area contributed by atoms with Crippen molar-refractivity contribution < 1.29 is 9.53 Å². The Morgan fingerprint density at radius 2 is 1.96 bits per heavy atom. The van der Waals surface area contributed by atoms with Crippen LogP contribution in [-0.2, 0) is 16.1 Å². The van der Waals surface area contributed by atoms with Crippen LogP contribution in [0.4, 0.5) is 0 Å². The molecule has 2 aliphatic heterocycles. The van der Waals surface area contributed by atoms with Gasteiger partial charge in [0.2, 0.25) is 5.91 Å². The molecule has 0 radical (unpaired) electrons. The van der Waals surface area contributed by atoms with Crippen LogP contribution in [-0.4, -0.2) is 55.7 Å². The second-order valence-corrected chi connectivity index (χ2v) is 6.89. The number of hydrogen-bond acceptors (Lipinski definition) is 4. The summed E-state index contributed by atoms with van der Waals surface area (Å²) in [6.45, 7) is 5.16. The van der Waals surface area contributed by atoms with Crippen LogP contribution in [0.25, 0.3) is 0 Å². The number of amides is 1. The van der Waals surface area contributed by atoms with E-state index in [0.717, 1.165) is 58.4 Å². The maximum absolute atomic E-state index is 12.1. The highest BCUT2D eigenvalue weighted by atomic mass is 35.5. The second-order valence-electron chi connectivity index (χ2n) is 6.89. The lowest BCUT2D eigenvalue weighted by Crippen LogP contribution is -2.48. The van der Waals surface area contributed by atoms with Crippen molar-refractivity contribution in [3.63, 3.8) is 0 Å². The van der Waals surface area contributed by atoms with Gasteiger partial charge in [0.15, 0.2) is 0 Å². The van der Waals surface area contributed by atoms with E-state index >= 15 is 0 Å². The first-order chi connectivity index (χ1) is 11.8. The molecule has 0 aromatic heterocycles. The molecule has 6 heteroatoms. The van der Waals surface area contributed by atoms with Crippen molar-refractivity contribution in [1.29, 1.82) is 0 Å². The predicted molar refractivity (Wildman–Crippen MR) is 102 cm³/mol. The molecule has 2 saturated heterocycles. The quantitative estimate of drug-likeness (QED) is 0.807. The number of hydrogen-bond donors (Lipinski definition) is 2. The lowest BCUT2D eigenvalue weighted by molar-refractivity contribution is -0.129. The Morgan fingerprint density at radius 3 is 2.72 bits per heavy atom. The highest BCUT2D eigenvalue weighted by molar-refractivity contribution is 5.85. The topological polar surface area (TPSA) is 53.6 Å². The average molecular weight is 368 g/mol. The minimum atomic E-state index is 0. The number of nitrogens with zero attached hydrogens (tertiary/aromatic N) is 1. The molecular formula is C19H30ClN3O2. The summed E-state index contributed by atoms with van der Waals surface area (Å²) in [4.78, 5) is 14.6. The normalized spacial score (nSPS) is 22.2. The van der Waals surface area contributed by atoms with E-state index < -0.39 is 0 Å². The molecule has 3 rings (SSSR count). The fraction of sp³-hybridized carbons (Fsp3) is 0.632. The molecule has 0 spiro atoms. The third kappa shape index (κ3) is 6.94. The fourth-order valence-corrected chi connectivity index (χ4v) is 3.58. The molecular weight excluding hydrogens is 338 g/mol. The first kappa shape index (κ1) is 20.2. The molecule has 0 aliphatic carbocycles. The zero-order chi connectivity index (χ0) is 16.6. The van der Waals surface area contributed by atoms with Gasteiger partial charge < -0.3 is 15.4 Å². The van der Waals surface area contributed by atoms with E-state index in [1.807, 2.05) is 6.07 Å². The Balaban J connectivity index is 0.00000225. The summed E-state index contributed by atoms with van der Waals surface area (Å²) in [7, 11) is 0. The lowest BCUT2D eigenvalue weighted by Gasteiger charge is -2.33. The maximum Gasteiger partial charge on any atom is 0.246 e. The largest absolute Gasteiger partial charge is 0.368 e. The average Bonchev–Trinajstić information content (AvgIpc) is 2.62. The van der Waals surface area contributed by atoms with Crippen molar-refractivity contribution >= 4 is 18.3 Å².